The minimum absolute atomic E-state index is 0.122. The predicted molar refractivity (Wildman–Crippen MR) is 93.5 cm³/mol. The zero-order chi connectivity index (χ0) is 17.4. The van der Waals surface area contributed by atoms with Gasteiger partial charge in [0.05, 0.1) is 17.0 Å². The monoisotopic (exact) mass is 347 g/mol. The lowest BCUT2D eigenvalue weighted by Crippen LogP contribution is -2.48. The highest BCUT2D eigenvalue weighted by molar-refractivity contribution is 7.17. The minimum atomic E-state index is -0.195. The third-order valence-corrected chi connectivity index (χ3v) is 5.53. The molecule has 1 aliphatic heterocycles. The Kier molecular flexibility index (Phi) is 4.51. The average molecular weight is 347 g/mol. The zero-order valence-corrected chi connectivity index (χ0v) is 15.1. The van der Waals surface area contributed by atoms with Gasteiger partial charge in [0.2, 0.25) is 0 Å². The number of hydrogen-bond acceptors (Lipinski definition) is 6. The van der Waals surface area contributed by atoms with Crippen molar-refractivity contribution in [3.63, 3.8) is 0 Å². The Bertz CT molecular complexity index is 851. The third kappa shape index (κ3) is 2.99. The van der Waals surface area contributed by atoms with Gasteiger partial charge in [0.1, 0.15) is 9.88 Å². The molecule has 1 amide bonds. The molecule has 0 atom stereocenters. The lowest BCUT2D eigenvalue weighted by Gasteiger charge is -2.26. The van der Waals surface area contributed by atoms with E-state index in [1.165, 1.54) is 16.0 Å². The lowest BCUT2D eigenvalue weighted by molar-refractivity contribution is 0.0945. The topological polar surface area (TPSA) is 88.9 Å². The second-order valence-electron chi connectivity index (χ2n) is 6.18. The van der Waals surface area contributed by atoms with Crippen LogP contribution in [0.3, 0.4) is 0 Å². The van der Waals surface area contributed by atoms with E-state index < -0.39 is 0 Å². The summed E-state index contributed by atoms with van der Waals surface area (Å²) in [7, 11) is 1.62. The predicted octanol–water partition coefficient (Wildman–Crippen LogP) is 0.778. The third-order valence-electron chi connectivity index (χ3n) is 4.36. The molecule has 3 heterocycles. The van der Waals surface area contributed by atoms with E-state index in [9.17, 15) is 9.59 Å². The van der Waals surface area contributed by atoms with E-state index in [1.54, 1.807) is 14.0 Å². The van der Waals surface area contributed by atoms with Crippen LogP contribution in [0.15, 0.2) is 4.79 Å². The van der Waals surface area contributed by atoms with Crippen LogP contribution in [0.4, 0.5) is 0 Å². The van der Waals surface area contributed by atoms with Gasteiger partial charge in [0.25, 0.3) is 11.5 Å². The maximum Gasteiger partial charge on any atom is 0.277 e. The van der Waals surface area contributed by atoms with Crippen molar-refractivity contribution in [3.05, 3.63) is 32.2 Å². The van der Waals surface area contributed by atoms with Crippen molar-refractivity contribution in [2.24, 2.45) is 13.0 Å². The fraction of sp³-hybridized carbons (Fsp3) is 0.500. The Morgan fingerprint density at radius 1 is 1.33 bits per heavy atom. The quantitative estimate of drug-likeness (QED) is 0.853. The number of carbonyl (C=O) groups excluding carboxylic acids is 1. The average Bonchev–Trinajstić information content (AvgIpc) is 2.85. The summed E-state index contributed by atoms with van der Waals surface area (Å²) in [5, 5.41) is 10.9. The van der Waals surface area contributed by atoms with Crippen molar-refractivity contribution in [2.45, 2.75) is 20.8 Å². The van der Waals surface area contributed by atoms with E-state index in [0.717, 1.165) is 24.3 Å². The molecule has 0 saturated carbocycles. The van der Waals surface area contributed by atoms with E-state index >= 15 is 0 Å². The normalized spacial score (nSPS) is 14.5. The molecule has 1 saturated heterocycles. The smallest absolute Gasteiger partial charge is 0.277 e. The minimum Gasteiger partial charge on any atom is -0.351 e. The molecule has 2 aromatic heterocycles. The molecule has 24 heavy (non-hydrogen) atoms. The van der Waals surface area contributed by atoms with Gasteiger partial charge in [-0.2, -0.15) is 5.10 Å². The summed E-state index contributed by atoms with van der Waals surface area (Å²) in [6, 6.07) is 0. The number of nitrogens with zero attached hydrogens (tertiary/aromatic N) is 3. The van der Waals surface area contributed by atoms with Crippen LogP contribution in [0.1, 0.15) is 26.6 Å². The highest BCUT2D eigenvalue weighted by Gasteiger charge is 2.22. The van der Waals surface area contributed by atoms with Crippen molar-refractivity contribution >= 4 is 17.2 Å². The lowest BCUT2D eigenvalue weighted by atomic mass is 10.0. The van der Waals surface area contributed by atoms with Crippen molar-refractivity contribution in [3.8, 4) is 10.6 Å². The Morgan fingerprint density at radius 2 is 2.04 bits per heavy atom. The largest absolute Gasteiger partial charge is 0.351 e. The molecule has 8 heteroatoms. The van der Waals surface area contributed by atoms with Gasteiger partial charge in [-0.05, 0) is 26.3 Å². The summed E-state index contributed by atoms with van der Waals surface area (Å²) in [4.78, 5) is 29.9. The molecule has 0 spiro atoms. The fourth-order valence-electron chi connectivity index (χ4n) is 2.62. The molecular formula is C16H21N5O2S. The van der Waals surface area contributed by atoms with Gasteiger partial charge >= 0.3 is 0 Å². The first-order valence-corrected chi connectivity index (χ1v) is 8.71. The summed E-state index contributed by atoms with van der Waals surface area (Å²) < 4.78 is 1.32. The second-order valence-corrected chi connectivity index (χ2v) is 7.18. The van der Waals surface area contributed by atoms with E-state index in [2.05, 4.69) is 20.7 Å². The van der Waals surface area contributed by atoms with Crippen LogP contribution in [-0.2, 0) is 7.05 Å². The molecule has 0 aromatic carbocycles. The second kappa shape index (κ2) is 6.45. The molecule has 0 unspecified atom stereocenters. The first-order chi connectivity index (χ1) is 11.4. The van der Waals surface area contributed by atoms with Gasteiger partial charge in [-0.3, -0.25) is 9.59 Å². The van der Waals surface area contributed by atoms with Gasteiger partial charge in [0.15, 0.2) is 0 Å². The first kappa shape index (κ1) is 16.8. The van der Waals surface area contributed by atoms with E-state index in [0.29, 0.717) is 33.6 Å². The van der Waals surface area contributed by atoms with Crippen LogP contribution < -0.4 is 16.2 Å². The van der Waals surface area contributed by atoms with Crippen LogP contribution in [0, 0.1) is 26.7 Å². The summed E-state index contributed by atoms with van der Waals surface area (Å²) in [6.07, 6.45) is 0. The van der Waals surface area contributed by atoms with Gasteiger partial charge in [-0.15, -0.1) is 11.3 Å². The number of hydrogen-bond donors (Lipinski definition) is 2. The van der Waals surface area contributed by atoms with E-state index in [-0.39, 0.29) is 11.5 Å². The maximum atomic E-state index is 12.5. The van der Waals surface area contributed by atoms with Crippen molar-refractivity contribution in [1.82, 2.24) is 25.4 Å². The summed E-state index contributed by atoms with van der Waals surface area (Å²) in [5.74, 6) is 0.377. The molecule has 1 fully saturated rings. The van der Waals surface area contributed by atoms with Crippen LogP contribution in [0.25, 0.3) is 10.6 Å². The summed E-state index contributed by atoms with van der Waals surface area (Å²) in [5.41, 5.74) is 2.57. The van der Waals surface area contributed by atoms with Gasteiger partial charge in [0, 0.05) is 32.6 Å². The molecular weight excluding hydrogens is 326 g/mol. The standard InChI is InChI=1S/C16H21N5O2S/c1-8-9(2)20-21(4)16(23)12(8)15-19-10(3)13(24-15)14(22)18-7-11-5-17-6-11/h11,17H,5-7H2,1-4H3,(H,18,22). The first-order valence-electron chi connectivity index (χ1n) is 7.89. The fourth-order valence-corrected chi connectivity index (χ4v) is 3.70. The summed E-state index contributed by atoms with van der Waals surface area (Å²) >= 11 is 1.26. The van der Waals surface area contributed by atoms with Crippen molar-refractivity contribution in [2.75, 3.05) is 19.6 Å². The molecule has 128 valence electrons. The zero-order valence-electron chi connectivity index (χ0n) is 14.3. The molecule has 7 nitrogen and oxygen atoms in total. The van der Waals surface area contributed by atoms with Crippen LogP contribution in [0.2, 0.25) is 0 Å². The maximum absolute atomic E-state index is 12.5. The van der Waals surface area contributed by atoms with Crippen molar-refractivity contribution < 1.29 is 4.79 Å². The Hall–Kier alpha value is -2.06. The number of aryl methyl sites for hydroxylation is 3. The number of thiazole rings is 1. The highest BCUT2D eigenvalue weighted by Crippen LogP contribution is 2.28. The Labute approximate surface area is 144 Å². The van der Waals surface area contributed by atoms with E-state index in [4.69, 9.17) is 0 Å². The molecule has 2 aromatic rings. The Morgan fingerprint density at radius 3 is 2.67 bits per heavy atom. The summed E-state index contributed by atoms with van der Waals surface area (Å²) in [6.45, 7) is 8.07. The van der Waals surface area contributed by atoms with Crippen LogP contribution in [0.5, 0.6) is 0 Å². The van der Waals surface area contributed by atoms with Gasteiger partial charge in [-0.1, -0.05) is 0 Å². The van der Waals surface area contributed by atoms with Crippen LogP contribution in [-0.4, -0.2) is 40.3 Å². The van der Waals surface area contributed by atoms with Gasteiger partial charge < -0.3 is 10.6 Å². The highest BCUT2D eigenvalue weighted by atomic mass is 32.1. The molecule has 0 bridgehead atoms. The SMILES string of the molecule is Cc1nc(-c2c(C)c(C)nn(C)c2=O)sc1C(=O)NCC1CNC1. The molecule has 3 rings (SSSR count). The number of carbonyl (C=O) groups is 1. The molecule has 0 radical (unpaired) electrons. The molecule has 2 N–H and O–H groups in total. The number of nitrogens with one attached hydrogen (secondary N) is 2. The molecule has 0 aliphatic carbocycles. The number of amides is 1. The van der Waals surface area contributed by atoms with Crippen molar-refractivity contribution in [1.29, 1.82) is 0 Å². The number of aromatic nitrogens is 3. The van der Waals surface area contributed by atoms with E-state index in [1.807, 2.05) is 13.8 Å². The number of rotatable bonds is 4. The molecule has 1 aliphatic rings. The Balaban J connectivity index is 1.91. The van der Waals surface area contributed by atoms with Crippen LogP contribution >= 0.6 is 11.3 Å². The van der Waals surface area contributed by atoms with Gasteiger partial charge in [-0.25, -0.2) is 9.67 Å².